The smallest absolute Gasteiger partial charge is 0.250 e. The normalized spacial score (nSPS) is 16.2. The molecule has 4 aliphatic heterocycles. The van der Waals surface area contributed by atoms with Crippen LogP contribution in [-0.2, 0) is 13.1 Å². The number of aromatic hydroxyl groups is 1. The zero-order valence-electron chi connectivity index (χ0n) is 80.0. The predicted octanol–water partition coefficient (Wildman–Crippen LogP) is 23.1. The van der Waals surface area contributed by atoms with Crippen molar-refractivity contribution in [1.82, 2.24) is 35.1 Å². The quantitative estimate of drug-likeness (QED) is 0.0314. The Hall–Kier alpha value is -9.59. The number of carbonyl (C=O) groups excluding carboxylic acids is 4. The Labute approximate surface area is 769 Å². The van der Waals surface area contributed by atoms with Gasteiger partial charge >= 0.3 is 0 Å². The number of nitrogens with one attached hydrogen (secondary N) is 2. The van der Waals surface area contributed by atoms with Crippen LogP contribution >= 0.6 is 0 Å². The van der Waals surface area contributed by atoms with Crippen LogP contribution in [-0.4, -0.2) is 174 Å². The number of carbonyl (C=O) groups is 4. The molecule has 19 heteroatoms. The zero-order valence-corrected chi connectivity index (χ0v) is 83.0. The van der Waals surface area contributed by atoms with Gasteiger partial charge in [0.25, 0.3) is 0 Å². The van der Waals surface area contributed by atoms with Crippen LogP contribution in [0.4, 0.5) is 0 Å². The SMILES string of the molecule is C1CCNCC1.CC(=O)c1ccc(C(O)c2cccc(O[Si](C)(C)C(C)(C)C)c2)cc1.CC(=O)c1ccc(C(c2cccc(O)c2)N2CCN(Cc3ccccc3)CC2)cc1.CC(=O)c1ccc(C(c2cccc(O[Si](C)(C)C(C)(C)C)c2)N2CCN(Cc3ccccc3)CC2)cc1.CC(=O)c1ccc(C(c2cccc(O[Si](C)(C)C(C)(C)C)c2)N2CCNCC2)cc1. The maximum atomic E-state index is 11.9. The molecule has 0 aromatic heterocycles. The minimum atomic E-state index is -1.95. The van der Waals surface area contributed by atoms with Crippen molar-refractivity contribution < 1.29 is 42.7 Å². The van der Waals surface area contributed by atoms with Crippen LogP contribution < -0.4 is 23.9 Å². The molecule has 128 heavy (non-hydrogen) atoms. The lowest BCUT2D eigenvalue weighted by molar-refractivity contribution is 0.100. The third kappa shape index (κ3) is 29.2. The van der Waals surface area contributed by atoms with Crippen LogP contribution in [0.5, 0.6) is 23.0 Å². The summed E-state index contributed by atoms with van der Waals surface area (Å²) >= 11 is 0. The predicted molar refractivity (Wildman–Crippen MR) is 534 cm³/mol. The third-order valence-corrected chi connectivity index (χ3v) is 39.6. The first kappa shape index (κ1) is 101. The van der Waals surface area contributed by atoms with E-state index >= 15 is 0 Å². The van der Waals surface area contributed by atoms with Crippen molar-refractivity contribution in [2.45, 2.75) is 201 Å². The van der Waals surface area contributed by atoms with E-state index in [0.717, 1.165) is 148 Å². The topological polar surface area (TPSA) is 177 Å². The Morgan fingerprint density at radius 3 is 0.891 bits per heavy atom. The zero-order chi connectivity index (χ0) is 92.6. The van der Waals surface area contributed by atoms with Crippen molar-refractivity contribution in [1.29, 1.82) is 0 Å². The molecule has 0 radical (unpaired) electrons. The fourth-order valence-corrected chi connectivity index (χ4v) is 18.8. The van der Waals surface area contributed by atoms with Crippen LogP contribution in [0.1, 0.15) is 231 Å². The first-order chi connectivity index (χ1) is 60.7. The number of piperazine rings is 3. The number of ketones is 4. The summed E-state index contributed by atoms with van der Waals surface area (Å²) < 4.78 is 19.6. The minimum Gasteiger partial charge on any atom is -0.543 e. The molecule has 4 aliphatic rings. The largest absolute Gasteiger partial charge is 0.543 e. The standard InChI is InChI=1S/C32H42N2O2Si.C26H28N2O2.C25H36N2O2Si.C21H28O3Si.C5H11N/c1-25(35)27-15-17-28(18-16-27)31(29-13-10-14-30(23-29)36-37(5,6)32(2,3)4)34-21-19-33(20-22-34)24-26-11-8-7-9-12-26;1-20(29)22-10-12-23(13-11-22)26(24-8-5-9-25(30)18-24)28-16-14-27(15-17-28)19-21-6-3-2-4-7-21;1-19(28)20-10-12-21(13-11-20)24(27-16-14-26-15-17-27)22-8-7-9-23(18-22)29-30(5,6)25(2,3)4;1-15(22)16-10-12-17(13-11-16)20(23)18-8-7-9-19(14-18)24-25(5,6)21(2,3)4;1-2-4-6-5-3-1/h7-18,23,31H,19-22,24H2,1-6H3;2-13,18,26,30H,14-17,19H2,1H3;7-13,18,24,26H,14-17H2,1-6H3;7-14,20,23H,1-6H3;6H,1-5H2. The molecule has 0 bridgehead atoms. The highest BCUT2D eigenvalue weighted by Crippen LogP contribution is 2.43. The second-order valence-electron chi connectivity index (χ2n) is 39.4. The first-order valence-electron chi connectivity index (χ1n) is 46.2. The summed E-state index contributed by atoms with van der Waals surface area (Å²) in [5.41, 5.74) is 14.2. The van der Waals surface area contributed by atoms with Crippen LogP contribution in [0.15, 0.2) is 255 Å². The van der Waals surface area contributed by atoms with E-state index in [9.17, 15) is 29.4 Å². The van der Waals surface area contributed by atoms with Gasteiger partial charge in [0.15, 0.2) is 23.1 Å². The molecule has 4 unspecified atom stereocenters. The van der Waals surface area contributed by atoms with Crippen LogP contribution in [0.25, 0.3) is 0 Å². The monoisotopic (exact) mass is 1780 g/mol. The van der Waals surface area contributed by atoms with Crippen molar-refractivity contribution in [3.8, 4) is 23.0 Å². The molecule has 10 aromatic carbocycles. The molecule has 10 aromatic rings. The summed E-state index contributed by atoms with van der Waals surface area (Å²) in [6.07, 6.45) is 3.47. The highest BCUT2D eigenvalue weighted by molar-refractivity contribution is 6.75. The molecule has 4 atom stereocenters. The summed E-state index contributed by atoms with van der Waals surface area (Å²) in [6.45, 7) is 56.5. The molecule has 4 fully saturated rings. The number of Topliss-reactive ketones (excluding diaryl/α,β-unsaturated/α-hetero) is 4. The molecule has 14 rings (SSSR count). The van der Waals surface area contributed by atoms with Gasteiger partial charge in [0.2, 0.25) is 25.0 Å². The number of aliphatic hydroxyl groups excluding tert-OH is 1. The molecule has 4 saturated heterocycles. The van der Waals surface area contributed by atoms with Crippen molar-refractivity contribution in [2.24, 2.45) is 0 Å². The Morgan fingerprint density at radius 2 is 0.602 bits per heavy atom. The average Bonchev–Trinajstić information content (AvgIpc) is 0.793. The number of phenols is 1. The van der Waals surface area contributed by atoms with Gasteiger partial charge < -0.3 is 34.1 Å². The van der Waals surface area contributed by atoms with E-state index < -0.39 is 31.1 Å². The van der Waals surface area contributed by atoms with Crippen LogP contribution in [0.3, 0.4) is 0 Å². The summed E-state index contributed by atoms with van der Waals surface area (Å²) in [7, 11) is -5.77. The summed E-state index contributed by atoms with van der Waals surface area (Å²) in [5, 5.41) is 27.9. The number of hydrogen-bond acceptors (Lipinski definition) is 16. The molecule has 0 saturated carbocycles. The van der Waals surface area contributed by atoms with E-state index in [1.165, 1.54) is 72.7 Å². The van der Waals surface area contributed by atoms with Gasteiger partial charge in [0.1, 0.15) is 29.1 Å². The lowest BCUT2D eigenvalue weighted by atomic mass is 9.95. The maximum Gasteiger partial charge on any atom is 0.250 e. The third-order valence-electron chi connectivity index (χ3n) is 26.5. The second kappa shape index (κ2) is 46.3. The van der Waals surface area contributed by atoms with E-state index in [0.29, 0.717) is 5.56 Å². The summed E-state index contributed by atoms with van der Waals surface area (Å²) in [6, 6.07) is 85.3. The second-order valence-corrected chi connectivity index (χ2v) is 53.6. The lowest BCUT2D eigenvalue weighted by Crippen LogP contribution is -2.47. The molecule has 0 aliphatic carbocycles. The van der Waals surface area contributed by atoms with E-state index in [1.54, 1.807) is 51.1 Å². The highest BCUT2D eigenvalue weighted by Gasteiger charge is 2.42. The fourth-order valence-electron chi connectivity index (χ4n) is 15.7. The van der Waals surface area contributed by atoms with Gasteiger partial charge in [-0.3, -0.25) is 43.7 Å². The number of phenolic OH excluding ortho intramolecular Hbond substituents is 1. The number of rotatable bonds is 25. The van der Waals surface area contributed by atoms with E-state index in [-0.39, 0.29) is 62.1 Å². The molecule has 0 spiro atoms. The summed E-state index contributed by atoms with van der Waals surface area (Å²) in [5.74, 6) is 3.28. The van der Waals surface area contributed by atoms with Gasteiger partial charge in [-0.15, -0.1) is 0 Å². The van der Waals surface area contributed by atoms with Gasteiger partial charge in [-0.2, -0.15) is 0 Å². The molecular weight excluding hydrogens is 1640 g/mol. The van der Waals surface area contributed by atoms with Crippen molar-refractivity contribution in [3.63, 3.8) is 0 Å². The Kier molecular flexibility index (Phi) is 36.4. The van der Waals surface area contributed by atoms with E-state index in [4.69, 9.17) is 13.3 Å². The minimum absolute atomic E-state index is 0.0193. The Bertz CT molecular complexity index is 5130. The molecular formula is C109H145N7O9Si3. The molecule has 16 nitrogen and oxygen atoms in total. The fraction of sp³-hybridized carbons (Fsp3) is 0.413. The Morgan fingerprint density at radius 1 is 0.320 bits per heavy atom. The maximum absolute atomic E-state index is 11.9. The van der Waals surface area contributed by atoms with Crippen molar-refractivity contribution in [2.75, 3.05) is 91.6 Å². The van der Waals surface area contributed by atoms with Gasteiger partial charge in [-0.1, -0.05) is 275 Å². The molecule has 4 heterocycles. The van der Waals surface area contributed by atoms with Gasteiger partial charge in [0, 0.05) is 114 Å². The Balaban J connectivity index is 0.000000175. The molecule has 0 amide bonds. The molecule has 682 valence electrons. The van der Waals surface area contributed by atoms with Crippen LogP contribution in [0.2, 0.25) is 54.4 Å². The van der Waals surface area contributed by atoms with Gasteiger partial charge in [-0.05, 0) is 212 Å². The van der Waals surface area contributed by atoms with Crippen LogP contribution in [0, 0.1) is 0 Å². The number of benzene rings is 10. The molecule has 4 N–H and O–H groups in total. The first-order valence-corrected chi connectivity index (χ1v) is 54.9. The van der Waals surface area contributed by atoms with E-state index in [1.807, 2.05) is 84.9 Å². The van der Waals surface area contributed by atoms with Gasteiger partial charge in [0.05, 0.1) is 18.1 Å². The van der Waals surface area contributed by atoms with Gasteiger partial charge in [-0.25, -0.2) is 0 Å². The van der Waals surface area contributed by atoms with Crippen molar-refractivity contribution in [3.05, 3.63) is 333 Å². The highest BCUT2D eigenvalue weighted by atomic mass is 28.4. The van der Waals surface area contributed by atoms with Crippen molar-refractivity contribution >= 4 is 48.1 Å². The number of nitrogens with zero attached hydrogens (tertiary/aromatic N) is 5. The average molecular weight is 1780 g/mol. The lowest BCUT2D eigenvalue weighted by Gasteiger charge is -2.40. The number of aliphatic hydroxyl groups is 1. The number of piperidine rings is 1. The number of hydrogen-bond donors (Lipinski definition) is 4. The van der Waals surface area contributed by atoms with E-state index in [2.05, 4.69) is 276 Å². The summed E-state index contributed by atoms with van der Waals surface area (Å²) in [4.78, 5) is 59.3.